The number of thioether (sulfide) groups is 1. The van der Waals surface area contributed by atoms with Crippen molar-refractivity contribution in [2.24, 2.45) is 0 Å². The molecule has 404 valence electrons. The standard InChI is InChI=1S/C37H63N5O25S3.3Na/c1-20(43)40-27-28(46)31(67-70(55,56)57)22(18-63-69(52,53)54)64-35(27)65-32-29(47)30(48)36(66-33(32)34(49)50)62-11-8-39-25(45)6-9-58-12-14-60-16-17-61-15-13-59-10-7-38-24(44)5-3-2-4-23-26-21(19-68-23)41-37(51)42-26;;;/h21-23,26-33,35-36,46-48H,2-19H2,1H3,(H,38,44)(H,39,45)(H,40,43)(H,49,50)(H2,41,42,51)(H,52,53,54)(H,55,56,57);;;/q;3*+1/p-3/t21-,22+,23-,26-,27+,28+,29+,30+,31-,32-,33-,35-,36+;;;/m0.../s1. The van der Waals surface area contributed by atoms with Crippen molar-refractivity contribution in [1.82, 2.24) is 26.6 Å². The smallest absolute Gasteiger partial charge is 0.726 e. The van der Waals surface area contributed by atoms with E-state index in [0.717, 1.165) is 31.9 Å². The summed E-state index contributed by atoms with van der Waals surface area (Å²) in [5.74, 6) is -2.62. The van der Waals surface area contributed by atoms with Crippen LogP contribution in [0.2, 0.25) is 0 Å². The van der Waals surface area contributed by atoms with Crippen molar-refractivity contribution in [3.8, 4) is 0 Å². The third-order valence-electron chi connectivity index (χ3n) is 10.7. The van der Waals surface area contributed by atoms with Crippen LogP contribution in [0, 0.1) is 0 Å². The first-order valence-corrected chi connectivity index (χ1v) is 25.7. The van der Waals surface area contributed by atoms with Crippen molar-refractivity contribution in [2.75, 3.05) is 84.9 Å². The van der Waals surface area contributed by atoms with E-state index in [4.69, 9.17) is 37.9 Å². The van der Waals surface area contributed by atoms with Crippen LogP contribution in [0.3, 0.4) is 0 Å². The first-order chi connectivity index (χ1) is 33.1. The fraction of sp³-hybridized carbons (Fsp3) is 0.865. The van der Waals surface area contributed by atoms with Gasteiger partial charge in [0.25, 0.3) is 0 Å². The number of fused-ring (bicyclic) bond motifs is 1. The fourth-order valence-corrected chi connectivity index (χ4v) is 9.80. The van der Waals surface area contributed by atoms with Gasteiger partial charge in [-0.05, 0) is 12.8 Å². The molecule has 30 nitrogen and oxygen atoms in total. The van der Waals surface area contributed by atoms with Gasteiger partial charge in [-0.25, -0.2) is 21.6 Å². The predicted molar refractivity (Wildman–Crippen MR) is 227 cm³/mol. The van der Waals surface area contributed by atoms with E-state index in [0.29, 0.717) is 44.6 Å². The number of aliphatic carboxylic acids is 1. The summed E-state index contributed by atoms with van der Waals surface area (Å²) >= 11 is 1.85. The van der Waals surface area contributed by atoms with Crippen molar-refractivity contribution >= 4 is 62.3 Å². The van der Waals surface area contributed by atoms with E-state index in [1.165, 1.54) is 0 Å². The molecular weight excluding hydrogens is 1080 g/mol. The van der Waals surface area contributed by atoms with Crippen LogP contribution in [0.5, 0.6) is 0 Å². The summed E-state index contributed by atoms with van der Waals surface area (Å²) in [5, 5.41) is 58.3. The van der Waals surface area contributed by atoms with E-state index in [1.807, 2.05) is 11.8 Å². The summed E-state index contributed by atoms with van der Waals surface area (Å²) in [4.78, 5) is 59.9. The molecule has 4 fully saturated rings. The number of unbranched alkanes of at least 4 members (excludes halogenated alkanes) is 1. The molecule has 4 heterocycles. The number of aliphatic hydroxyl groups is 3. The number of hydrogen-bond donors (Lipinski definition) is 8. The molecule has 0 aliphatic carbocycles. The molecule has 0 aromatic carbocycles. The molecule has 73 heavy (non-hydrogen) atoms. The predicted octanol–water partition coefficient (Wildman–Crippen LogP) is -16.1. The number of nitrogens with one attached hydrogen (secondary N) is 5. The molecule has 0 radical (unpaired) electrons. The first-order valence-electron chi connectivity index (χ1n) is 22.0. The third-order valence-corrected chi connectivity index (χ3v) is 13.1. The summed E-state index contributed by atoms with van der Waals surface area (Å²) in [6.07, 6.45) is -16.8. The van der Waals surface area contributed by atoms with E-state index in [2.05, 4.69) is 35.0 Å². The van der Waals surface area contributed by atoms with Gasteiger partial charge in [-0.2, -0.15) is 11.8 Å². The van der Waals surface area contributed by atoms with Crippen LogP contribution >= 0.6 is 11.8 Å². The number of carboxylic acid groups (broad SMARTS) is 1. The molecule has 0 aromatic rings. The van der Waals surface area contributed by atoms with Gasteiger partial charge in [0.1, 0.15) is 48.8 Å². The van der Waals surface area contributed by atoms with Crippen LogP contribution in [0.1, 0.15) is 39.0 Å². The molecular formula is C37H60N5Na3O25S3. The maximum absolute atomic E-state index is 12.3. The van der Waals surface area contributed by atoms with Gasteiger partial charge in [0.05, 0.1) is 84.1 Å². The Bertz CT molecular complexity index is 1930. The van der Waals surface area contributed by atoms with Crippen LogP contribution in [-0.4, -0.2) is 235 Å². The Kier molecular flexibility index (Phi) is 35.1. The molecule has 8 N–H and O–H groups in total. The zero-order chi connectivity index (χ0) is 51.4. The number of amides is 5. The molecule has 5 amide bonds. The monoisotopic (exact) mass is 1140 g/mol. The average Bonchev–Trinajstić information content (AvgIpc) is 3.84. The second kappa shape index (κ2) is 36.1. The quantitative estimate of drug-likeness (QED) is 0.00994. The van der Waals surface area contributed by atoms with Crippen molar-refractivity contribution in [1.29, 1.82) is 0 Å². The Hall–Kier alpha value is -0.200. The van der Waals surface area contributed by atoms with Crippen molar-refractivity contribution in [3.05, 3.63) is 0 Å². The van der Waals surface area contributed by atoms with Gasteiger partial charge < -0.3 is 98.8 Å². The zero-order valence-electron chi connectivity index (χ0n) is 40.8. The molecule has 36 heteroatoms. The number of carboxylic acids is 1. The van der Waals surface area contributed by atoms with Crippen molar-refractivity contribution in [3.63, 3.8) is 0 Å². The fourth-order valence-electron chi connectivity index (χ4n) is 7.44. The summed E-state index contributed by atoms with van der Waals surface area (Å²) in [6.45, 7) is 1.30. The third kappa shape index (κ3) is 26.1. The Balaban J connectivity index is 0.00000888. The van der Waals surface area contributed by atoms with Gasteiger partial charge >= 0.3 is 94.7 Å². The van der Waals surface area contributed by atoms with Crippen LogP contribution in [-0.2, 0) is 86.2 Å². The molecule has 4 aliphatic heterocycles. The number of carbonyl (C=O) groups is 5. The molecule has 0 bridgehead atoms. The van der Waals surface area contributed by atoms with Crippen LogP contribution in [0.25, 0.3) is 0 Å². The minimum absolute atomic E-state index is 0. The van der Waals surface area contributed by atoms with Crippen LogP contribution in [0.4, 0.5) is 4.79 Å². The second-order valence-electron chi connectivity index (χ2n) is 15.9. The van der Waals surface area contributed by atoms with E-state index in [1.54, 1.807) is 0 Å². The molecule has 0 aromatic heterocycles. The van der Waals surface area contributed by atoms with Gasteiger partial charge in [-0.15, -0.1) is 0 Å². The van der Waals surface area contributed by atoms with Gasteiger partial charge in [-0.1, -0.05) is 6.42 Å². The Morgan fingerprint density at radius 1 is 0.740 bits per heavy atom. The number of ether oxygens (including phenoxy) is 8. The topological polar surface area (TPSA) is 436 Å². The Labute approximate surface area is 492 Å². The molecule has 0 saturated carbocycles. The van der Waals surface area contributed by atoms with E-state index in [-0.39, 0.29) is 152 Å². The summed E-state index contributed by atoms with van der Waals surface area (Å²) in [6, 6.07) is -1.71. The molecule has 0 spiro atoms. The normalized spacial score (nSPS) is 28.7. The number of rotatable bonds is 33. The van der Waals surface area contributed by atoms with E-state index in [9.17, 15) is 70.3 Å². The SMILES string of the molecule is CC(=O)N[C@H]1[C@H](O[C@H]2[C@H](O)[C@@H](O)[C@H](OCCNC(=O)CCOCCOCCOCCOCCNC(=O)CCCC[C@@H]3SC[C@@H]4NC(=O)N[C@@H]43)O[C@@H]2C(=O)[O-])O[C@H](COS(=O)(=O)[O-])[C@H](OS(=O)(=O)[O-])[C@@H]1O.[Na+].[Na+].[Na+]. The first kappa shape index (κ1) is 70.8. The number of urea groups is 1. The minimum Gasteiger partial charge on any atom is -0.726 e. The average molecular weight is 1140 g/mol. The molecule has 4 saturated heterocycles. The largest absolute Gasteiger partial charge is 1.00 e. The van der Waals surface area contributed by atoms with Gasteiger partial charge in [-0.3, -0.25) is 22.7 Å². The maximum Gasteiger partial charge on any atom is 1.00 e. The Morgan fingerprint density at radius 3 is 1.92 bits per heavy atom. The summed E-state index contributed by atoms with van der Waals surface area (Å²) < 4.78 is 119. The number of hydrogen-bond acceptors (Lipinski definition) is 26. The van der Waals surface area contributed by atoms with Gasteiger partial charge in [0.15, 0.2) is 12.6 Å². The molecule has 13 atom stereocenters. The molecule has 4 aliphatic rings. The van der Waals surface area contributed by atoms with Gasteiger partial charge in [0, 0.05) is 43.9 Å². The number of carbonyl (C=O) groups excluding carboxylic acids is 5. The molecule has 4 rings (SSSR count). The Morgan fingerprint density at radius 2 is 1.33 bits per heavy atom. The maximum atomic E-state index is 12.3. The minimum atomic E-state index is -5.69. The zero-order valence-corrected chi connectivity index (χ0v) is 49.2. The van der Waals surface area contributed by atoms with Crippen LogP contribution < -0.4 is 120 Å². The second-order valence-corrected chi connectivity index (χ2v) is 19.2. The van der Waals surface area contributed by atoms with Crippen LogP contribution in [0.15, 0.2) is 0 Å². The van der Waals surface area contributed by atoms with Crippen molar-refractivity contribution < 1.29 is 205 Å². The summed E-state index contributed by atoms with van der Waals surface area (Å²) in [7, 11) is -11.2. The van der Waals surface area contributed by atoms with Crippen molar-refractivity contribution in [2.45, 2.75) is 118 Å². The number of aliphatic hydroxyl groups excluding tert-OH is 3. The van der Waals surface area contributed by atoms with E-state index >= 15 is 0 Å². The van der Waals surface area contributed by atoms with Gasteiger partial charge in [0.2, 0.25) is 38.5 Å². The van der Waals surface area contributed by atoms with E-state index < -0.39 is 113 Å². The summed E-state index contributed by atoms with van der Waals surface area (Å²) in [5.41, 5.74) is 0. The molecule has 0 unspecified atom stereocenters.